The van der Waals surface area contributed by atoms with Crippen LogP contribution in [0.1, 0.15) is 51.2 Å². The number of fused-ring (bicyclic) bond motifs is 5. The lowest BCUT2D eigenvalue weighted by atomic mass is 9.69. The molecule has 0 N–H and O–H groups in total. The molecule has 6 atom stereocenters. The third kappa shape index (κ3) is 2.39. The van der Waals surface area contributed by atoms with Gasteiger partial charge in [-0.2, -0.15) is 0 Å². The van der Waals surface area contributed by atoms with Gasteiger partial charge in [-0.1, -0.05) is 25.5 Å². The van der Waals surface area contributed by atoms with Crippen molar-refractivity contribution in [3.63, 3.8) is 0 Å². The van der Waals surface area contributed by atoms with Crippen LogP contribution in [0.4, 0.5) is 5.69 Å². The number of nitro groups is 1. The SMILES string of the molecule is C[C@@H]1CC[C@@H]2[C@@H](C1)O[C@H]1[C@H]3Cc4c(cccc4[N+](=O)[O-])C[C@@H]3C(=O)N1C2(C)C. The Balaban J connectivity index is 1.53. The summed E-state index contributed by atoms with van der Waals surface area (Å²) < 4.78 is 6.61. The summed E-state index contributed by atoms with van der Waals surface area (Å²) in [5.41, 5.74) is 1.69. The van der Waals surface area contributed by atoms with E-state index in [2.05, 4.69) is 20.8 Å². The molecule has 6 nitrogen and oxygen atoms in total. The van der Waals surface area contributed by atoms with Crippen LogP contribution in [0.25, 0.3) is 0 Å². The van der Waals surface area contributed by atoms with E-state index >= 15 is 0 Å². The van der Waals surface area contributed by atoms with Gasteiger partial charge in [-0.25, -0.2) is 0 Å². The number of nitro benzene ring substituents is 1. The zero-order chi connectivity index (χ0) is 19.8. The van der Waals surface area contributed by atoms with Crippen LogP contribution in [0.15, 0.2) is 18.2 Å². The molecular formula is C22H28N2O4. The fourth-order valence-corrected chi connectivity index (χ4v) is 6.47. The second kappa shape index (κ2) is 6.02. The van der Waals surface area contributed by atoms with E-state index in [1.807, 2.05) is 11.0 Å². The molecule has 5 rings (SSSR count). The number of hydrogen-bond donors (Lipinski definition) is 0. The number of hydrogen-bond acceptors (Lipinski definition) is 4. The third-order valence-electron chi connectivity index (χ3n) is 7.91. The minimum atomic E-state index is -0.293. The van der Waals surface area contributed by atoms with Crippen LogP contribution < -0.4 is 0 Å². The standard InChI is InChI=1S/C22H28N2O4/c1-12-7-8-17-19(9-12)28-21-16-11-14-13(5-4-6-18(14)24(26)27)10-15(16)20(25)23(21)22(17,2)3/h4-6,12,15-17,19,21H,7-11H2,1-3H3/t12-,15+,16+,17-,19-,21+/m1/s1. The summed E-state index contributed by atoms with van der Waals surface area (Å²) in [6, 6.07) is 5.26. The molecule has 0 spiro atoms. The van der Waals surface area contributed by atoms with Crippen molar-refractivity contribution in [3.8, 4) is 0 Å². The van der Waals surface area contributed by atoms with Crippen LogP contribution in [-0.2, 0) is 22.4 Å². The average Bonchev–Trinajstić information content (AvgIpc) is 2.91. The normalized spacial score (nSPS) is 38.2. The number of nitrogens with zero attached hydrogens (tertiary/aromatic N) is 2. The maximum Gasteiger partial charge on any atom is 0.272 e. The van der Waals surface area contributed by atoms with E-state index in [9.17, 15) is 14.9 Å². The van der Waals surface area contributed by atoms with Crippen molar-refractivity contribution >= 4 is 11.6 Å². The summed E-state index contributed by atoms with van der Waals surface area (Å²) in [5.74, 6) is 1.05. The van der Waals surface area contributed by atoms with Crippen molar-refractivity contribution in [1.29, 1.82) is 0 Å². The van der Waals surface area contributed by atoms with Crippen LogP contribution in [0, 0.1) is 33.8 Å². The predicted octanol–water partition coefficient (Wildman–Crippen LogP) is 3.71. The van der Waals surface area contributed by atoms with Crippen molar-refractivity contribution in [2.45, 2.75) is 70.7 Å². The number of carbonyl (C=O) groups excluding carboxylic acids is 1. The second-order valence-corrected chi connectivity index (χ2v) is 9.80. The molecule has 150 valence electrons. The van der Waals surface area contributed by atoms with Crippen LogP contribution in [0.3, 0.4) is 0 Å². The van der Waals surface area contributed by atoms with E-state index < -0.39 is 0 Å². The fourth-order valence-electron chi connectivity index (χ4n) is 6.47. The molecule has 2 aliphatic carbocycles. The molecule has 1 aromatic carbocycles. The van der Waals surface area contributed by atoms with Gasteiger partial charge in [0.25, 0.3) is 5.69 Å². The van der Waals surface area contributed by atoms with E-state index in [0.29, 0.717) is 24.7 Å². The lowest BCUT2D eigenvalue weighted by Gasteiger charge is -2.56. The molecule has 2 aliphatic heterocycles. The Bertz CT molecular complexity index is 851. The third-order valence-corrected chi connectivity index (χ3v) is 7.91. The van der Waals surface area contributed by atoms with Gasteiger partial charge in [-0.15, -0.1) is 0 Å². The highest BCUT2D eigenvalue weighted by Gasteiger charge is 2.61. The molecule has 28 heavy (non-hydrogen) atoms. The largest absolute Gasteiger partial charge is 0.354 e. The molecule has 2 heterocycles. The fraction of sp³-hybridized carbons (Fsp3) is 0.682. The highest BCUT2D eigenvalue weighted by Crippen LogP contribution is 2.53. The molecule has 6 heteroatoms. The van der Waals surface area contributed by atoms with E-state index in [-0.39, 0.29) is 46.2 Å². The summed E-state index contributed by atoms with van der Waals surface area (Å²) in [5, 5.41) is 11.5. The summed E-state index contributed by atoms with van der Waals surface area (Å²) in [6.45, 7) is 6.67. The summed E-state index contributed by atoms with van der Waals surface area (Å²) in [7, 11) is 0. The van der Waals surface area contributed by atoms with Gasteiger partial charge in [0.05, 0.1) is 11.0 Å². The van der Waals surface area contributed by atoms with Gasteiger partial charge in [0, 0.05) is 34.9 Å². The Morgan fingerprint density at radius 1 is 1.25 bits per heavy atom. The summed E-state index contributed by atoms with van der Waals surface area (Å²) in [4.78, 5) is 26.7. The van der Waals surface area contributed by atoms with Crippen LogP contribution >= 0.6 is 0 Å². The zero-order valence-corrected chi connectivity index (χ0v) is 16.8. The molecule has 1 saturated carbocycles. The molecule has 0 radical (unpaired) electrons. The zero-order valence-electron chi connectivity index (χ0n) is 16.8. The number of carbonyl (C=O) groups is 1. The van der Waals surface area contributed by atoms with Gasteiger partial charge >= 0.3 is 0 Å². The van der Waals surface area contributed by atoms with E-state index in [1.54, 1.807) is 12.1 Å². The van der Waals surface area contributed by atoms with Crippen LogP contribution in [-0.4, -0.2) is 33.6 Å². The minimum Gasteiger partial charge on any atom is -0.354 e. The topological polar surface area (TPSA) is 72.7 Å². The lowest BCUT2D eigenvalue weighted by Crippen LogP contribution is -2.64. The molecule has 4 aliphatic rings. The van der Waals surface area contributed by atoms with Gasteiger partial charge in [-0.3, -0.25) is 14.9 Å². The first-order chi connectivity index (χ1) is 13.3. The van der Waals surface area contributed by atoms with Crippen molar-refractivity contribution < 1.29 is 14.5 Å². The van der Waals surface area contributed by atoms with E-state index in [4.69, 9.17) is 4.74 Å². The highest BCUT2D eigenvalue weighted by molar-refractivity contribution is 5.84. The first-order valence-electron chi connectivity index (χ1n) is 10.5. The molecule has 1 amide bonds. The van der Waals surface area contributed by atoms with Crippen LogP contribution in [0.5, 0.6) is 0 Å². The van der Waals surface area contributed by atoms with Gasteiger partial charge in [0.15, 0.2) is 0 Å². The predicted molar refractivity (Wildman–Crippen MR) is 104 cm³/mol. The molecular weight excluding hydrogens is 356 g/mol. The minimum absolute atomic E-state index is 0.00134. The van der Waals surface area contributed by atoms with E-state index in [0.717, 1.165) is 24.0 Å². The van der Waals surface area contributed by atoms with Gasteiger partial charge in [0.1, 0.15) is 6.23 Å². The molecule has 2 saturated heterocycles. The maximum absolute atomic E-state index is 13.5. The molecule has 1 aromatic rings. The number of rotatable bonds is 1. The lowest BCUT2D eigenvalue weighted by molar-refractivity contribution is -0.385. The number of ether oxygens (including phenoxy) is 1. The highest BCUT2D eigenvalue weighted by atomic mass is 16.6. The van der Waals surface area contributed by atoms with Gasteiger partial charge < -0.3 is 9.64 Å². The van der Waals surface area contributed by atoms with Crippen LogP contribution in [0.2, 0.25) is 0 Å². The average molecular weight is 384 g/mol. The Kier molecular flexibility index (Phi) is 3.89. The van der Waals surface area contributed by atoms with Crippen molar-refractivity contribution in [3.05, 3.63) is 39.4 Å². The molecule has 0 bridgehead atoms. The first-order valence-corrected chi connectivity index (χ1v) is 10.5. The Labute approximate surface area is 165 Å². The Morgan fingerprint density at radius 3 is 2.79 bits per heavy atom. The maximum atomic E-state index is 13.5. The van der Waals surface area contributed by atoms with Crippen molar-refractivity contribution in [2.75, 3.05) is 0 Å². The first kappa shape index (κ1) is 18.1. The summed E-state index contributed by atoms with van der Waals surface area (Å²) >= 11 is 0. The van der Waals surface area contributed by atoms with Gasteiger partial charge in [-0.05, 0) is 51.0 Å². The van der Waals surface area contributed by atoms with Gasteiger partial charge in [0.2, 0.25) is 5.91 Å². The Hall–Kier alpha value is -1.95. The monoisotopic (exact) mass is 384 g/mol. The van der Waals surface area contributed by atoms with Crippen molar-refractivity contribution in [1.82, 2.24) is 4.90 Å². The Morgan fingerprint density at radius 2 is 2.04 bits per heavy atom. The van der Waals surface area contributed by atoms with Crippen molar-refractivity contribution in [2.24, 2.45) is 23.7 Å². The quantitative estimate of drug-likeness (QED) is 0.547. The molecule has 0 aromatic heterocycles. The molecule has 0 unspecified atom stereocenters. The number of amides is 1. The number of benzene rings is 1. The summed E-state index contributed by atoms with van der Waals surface area (Å²) in [6.07, 6.45) is 4.37. The molecule has 3 fully saturated rings. The second-order valence-electron chi connectivity index (χ2n) is 9.80. The smallest absolute Gasteiger partial charge is 0.272 e. The van der Waals surface area contributed by atoms with E-state index in [1.165, 1.54) is 6.42 Å².